The Hall–Kier alpha value is -3.15. The summed E-state index contributed by atoms with van der Waals surface area (Å²) in [6.45, 7) is -0.364. The van der Waals surface area contributed by atoms with Gasteiger partial charge in [-0.25, -0.2) is 4.79 Å². The Morgan fingerprint density at radius 3 is 1.97 bits per heavy atom. The maximum atomic E-state index is 11.9. The van der Waals surface area contributed by atoms with E-state index in [1.807, 2.05) is 0 Å². The molecule has 158 valence electrons. The van der Waals surface area contributed by atoms with Gasteiger partial charge in [0.05, 0.1) is 0 Å². The number of imide groups is 2. The van der Waals surface area contributed by atoms with E-state index in [2.05, 4.69) is 5.32 Å². The zero-order valence-electron chi connectivity index (χ0n) is 15.6. The maximum Gasteiger partial charge on any atom is 0.333 e. The zero-order chi connectivity index (χ0) is 21.4. The molecule has 2 saturated heterocycles. The smallest absolute Gasteiger partial charge is 0.333 e. The second-order valence-corrected chi connectivity index (χ2v) is 6.44. The minimum atomic E-state index is -1.04. The number of hydroxylamine groups is 4. The lowest BCUT2D eigenvalue weighted by atomic mass is 10.2. The molecule has 2 rings (SSSR count). The summed E-state index contributed by atoms with van der Waals surface area (Å²) in [5, 5.41) is 3.43. The van der Waals surface area contributed by atoms with Crippen molar-refractivity contribution in [2.24, 2.45) is 0 Å². The number of hydrogen-bond acceptors (Lipinski definition) is 9. The Kier molecular flexibility index (Phi) is 7.95. The first kappa shape index (κ1) is 22.1. The summed E-state index contributed by atoms with van der Waals surface area (Å²) < 4.78 is 0. The predicted molar refractivity (Wildman–Crippen MR) is 90.7 cm³/mol. The Labute approximate surface area is 165 Å². The van der Waals surface area contributed by atoms with Crippen molar-refractivity contribution in [1.29, 1.82) is 0 Å². The number of nitrogens with one attached hydrogen (secondary N) is 1. The van der Waals surface area contributed by atoms with Gasteiger partial charge >= 0.3 is 5.97 Å². The average Bonchev–Trinajstić information content (AvgIpc) is 3.18. The van der Waals surface area contributed by atoms with Gasteiger partial charge in [-0.3, -0.25) is 28.8 Å². The number of nitrogens with zero attached hydrogens (tertiary/aromatic N) is 2. The van der Waals surface area contributed by atoms with Crippen LogP contribution in [0.15, 0.2) is 0 Å². The Bertz CT molecular complexity index is 689. The van der Waals surface area contributed by atoms with E-state index in [0.717, 1.165) is 0 Å². The molecule has 0 spiro atoms. The number of carbonyl (C=O) groups is 7. The van der Waals surface area contributed by atoms with Gasteiger partial charge < -0.3 is 14.9 Å². The van der Waals surface area contributed by atoms with E-state index in [4.69, 9.17) is 9.68 Å². The second-order valence-electron chi connectivity index (χ2n) is 6.44. The van der Waals surface area contributed by atoms with Crippen LogP contribution in [-0.4, -0.2) is 64.6 Å². The van der Waals surface area contributed by atoms with Crippen molar-refractivity contribution in [3.63, 3.8) is 0 Å². The highest BCUT2D eigenvalue weighted by atomic mass is 16.7. The number of carbonyl (C=O) groups excluding carboxylic acids is 7. The van der Waals surface area contributed by atoms with Gasteiger partial charge in [-0.15, -0.1) is 5.06 Å². The minimum absolute atomic E-state index is 0.000765. The average molecular weight is 411 g/mol. The van der Waals surface area contributed by atoms with E-state index in [1.54, 1.807) is 0 Å². The molecule has 5 amide bonds. The van der Waals surface area contributed by atoms with E-state index >= 15 is 0 Å². The van der Waals surface area contributed by atoms with Crippen molar-refractivity contribution in [3.8, 4) is 0 Å². The molecule has 12 heteroatoms. The molecule has 2 heterocycles. The molecule has 0 aromatic heterocycles. The number of rotatable bonds is 11. The number of amides is 5. The molecular formula is C17H21N3O9. The topological polar surface area (TPSA) is 156 Å². The van der Waals surface area contributed by atoms with Gasteiger partial charge in [-0.05, 0) is 12.8 Å². The van der Waals surface area contributed by atoms with Crippen LogP contribution in [-0.2, 0) is 43.2 Å². The van der Waals surface area contributed by atoms with Crippen LogP contribution in [0.1, 0.15) is 51.4 Å². The highest BCUT2D eigenvalue weighted by Crippen LogP contribution is 2.14. The largest absolute Gasteiger partial charge is 0.344 e. The number of hydrogen-bond donors (Lipinski definition) is 1. The minimum Gasteiger partial charge on any atom is -0.344 e. The van der Waals surface area contributed by atoms with Crippen LogP contribution in [0, 0.1) is 0 Å². The van der Waals surface area contributed by atoms with Crippen molar-refractivity contribution in [2.75, 3.05) is 6.61 Å². The second kappa shape index (κ2) is 10.4. The van der Waals surface area contributed by atoms with Crippen LogP contribution in [0.5, 0.6) is 0 Å². The monoisotopic (exact) mass is 411 g/mol. The van der Waals surface area contributed by atoms with Gasteiger partial charge in [0.1, 0.15) is 18.9 Å². The van der Waals surface area contributed by atoms with Crippen LogP contribution >= 0.6 is 0 Å². The Morgan fingerprint density at radius 2 is 1.41 bits per heavy atom. The zero-order valence-corrected chi connectivity index (χ0v) is 15.6. The van der Waals surface area contributed by atoms with Gasteiger partial charge in [0.15, 0.2) is 0 Å². The summed E-state index contributed by atoms with van der Waals surface area (Å²) in [6, 6.07) is -1.04. The molecule has 0 radical (unpaired) electrons. The third-order valence-electron chi connectivity index (χ3n) is 4.13. The van der Waals surface area contributed by atoms with Gasteiger partial charge in [0, 0.05) is 38.5 Å². The fraction of sp³-hybridized carbons (Fsp3) is 0.588. The summed E-state index contributed by atoms with van der Waals surface area (Å²) in [6.07, 6.45) is 0.982. The van der Waals surface area contributed by atoms with E-state index in [1.165, 1.54) is 0 Å². The quantitative estimate of drug-likeness (QED) is 0.254. The predicted octanol–water partition coefficient (Wildman–Crippen LogP) is -1.08. The molecule has 0 saturated carbocycles. The molecule has 1 unspecified atom stereocenters. The standard InChI is InChI=1S/C17H21N3O9/c21-9-11(10-28-19-13(23)5-6-14(19)24)18-12(22)3-1-2-4-17(27)29-20-15(25)7-8-16(20)26/h9,11H,1-8,10H2,(H,18,22). The summed E-state index contributed by atoms with van der Waals surface area (Å²) in [4.78, 5) is 89.7. The van der Waals surface area contributed by atoms with Crippen molar-refractivity contribution in [1.82, 2.24) is 15.4 Å². The molecule has 2 aliphatic heterocycles. The number of aldehydes is 1. The lowest BCUT2D eigenvalue weighted by Gasteiger charge is -2.17. The van der Waals surface area contributed by atoms with Gasteiger partial charge in [-0.2, -0.15) is 5.06 Å². The molecule has 2 aliphatic rings. The third kappa shape index (κ3) is 6.45. The van der Waals surface area contributed by atoms with E-state index in [0.29, 0.717) is 22.8 Å². The summed E-state index contributed by atoms with van der Waals surface area (Å²) in [5.74, 6) is -3.38. The van der Waals surface area contributed by atoms with Gasteiger partial charge in [0.2, 0.25) is 5.91 Å². The Morgan fingerprint density at radius 1 is 0.897 bits per heavy atom. The van der Waals surface area contributed by atoms with Crippen molar-refractivity contribution >= 4 is 41.8 Å². The third-order valence-corrected chi connectivity index (χ3v) is 4.13. The molecule has 0 aromatic carbocycles. The molecule has 1 N–H and O–H groups in total. The van der Waals surface area contributed by atoms with Crippen molar-refractivity contribution < 1.29 is 43.2 Å². The van der Waals surface area contributed by atoms with Crippen LogP contribution in [0.25, 0.3) is 0 Å². The van der Waals surface area contributed by atoms with Crippen LogP contribution in [0.2, 0.25) is 0 Å². The Balaban J connectivity index is 1.61. The lowest BCUT2D eigenvalue weighted by molar-refractivity contribution is -0.197. The van der Waals surface area contributed by atoms with E-state index in [-0.39, 0.29) is 51.6 Å². The molecule has 29 heavy (non-hydrogen) atoms. The van der Waals surface area contributed by atoms with Gasteiger partial charge in [0.25, 0.3) is 23.6 Å². The summed E-state index contributed by atoms with van der Waals surface area (Å²) >= 11 is 0. The van der Waals surface area contributed by atoms with Crippen molar-refractivity contribution in [2.45, 2.75) is 57.4 Å². The summed E-state index contributed by atoms with van der Waals surface area (Å²) in [7, 11) is 0. The number of unbranched alkanes of at least 4 members (excludes halogenated alkanes) is 1. The van der Waals surface area contributed by atoms with E-state index < -0.39 is 41.5 Å². The fourth-order valence-electron chi connectivity index (χ4n) is 2.61. The molecule has 0 aromatic rings. The molecule has 2 fully saturated rings. The first-order valence-corrected chi connectivity index (χ1v) is 9.11. The highest BCUT2D eigenvalue weighted by Gasteiger charge is 2.33. The molecule has 0 bridgehead atoms. The molecule has 12 nitrogen and oxygen atoms in total. The molecular weight excluding hydrogens is 390 g/mol. The molecule has 1 atom stereocenters. The van der Waals surface area contributed by atoms with Crippen LogP contribution in [0.3, 0.4) is 0 Å². The fourth-order valence-corrected chi connectivity index (χ4v) is 2.61. The van der Waals surface area contributed by atoms with E-state index in [9.17, 15) is 33.6 Å². The van der Waals surface area contributed by atoms with Crippen LogP contribution in [0.4, 0.5) is 0 Å². The SMILES string of the molecule is O=CC(CON1C(=O)CCC1=O)NC(=O)CCCCC(=O)ON1C(=O)CCC1=O. The lowest BCUT2D eigenvalue weighted by Crippen LogP contribution is -2.42. The van der Waals surface area contributed by atoms with Crippen molar-refractivity contribution in [3.05, 3.63) is 0 Å². The first-order valence-electron chi connectivity index (χ1n) is 9.11. The van der Waals surface area contributed by atoms with Crippen LogP contribution < -0.4 is 5.32 Å². The normalized spacial score (nSPS) is 17.7. The summed E-state index contributed by atoms with van der Waals surface area (Å²) in [5.41, 5.74) is 0. The first-order chi connectivity index (χ1) is 13.8. The van der Waals surface area contributed by atoms with Gasteiger partial charge in [-0.1, -0.05) is 0 Å². The maximum absolute atomic E-state index is 11.9. The molecule has 0 aliphatic carbocycles. The highest BCUT2D eigenvalue weighted by molar-refractivity contribution is 6.01.